The Labute approximate surface area is 248 Å². The van der Waals surface area contributed by atoms with Crippen LogP contribution in [0.2, 0.25) is 0 Å². The Balaban J connectivity index is 1.43. The number of phenolic OH excluding ortho intramolecular Hbond substituents is 1. The van der Waals surface area contributed by atoms with Crippen LogP contribution in [0.3, 0.4) is 0 Å². The van der Waals surface area contributed by atoms with Crippen LogP contribution >= 0.6 is 0 Å². The minimum Gasteiger partial charge on any atom is -0.504 e. The van der Waals surface area contributed by atoms with Crippen LogP contribution in [-0.4, -0.2) is 64.6 Å². The summed E-state index contributed by atoms with van der Waals surface area (Å²) in [5, 5.41) is 11.2. The molecule has 0 radical (unpaired) electrons. The number of hydrogen-bond acceptors (Lipinski definition) is 6. The van der Waals surface area contributed by atoms with E-state index in [4.69, 9.17) is 9.47 Å². The van der Waals surface area contributed by atoms with E-state index < -0.39 is 5.97 Å². The highest BCUT2D eigenvalue weighted by atomic mass is 16.5. The molecule has 2 aromatic carbocycles. The van der Waals surface area contributed by atoms with Gasteiger partial charge in [0.05, 0.1) is 6.04 Å². The molecule has 7 nitrogen and oxygen atoms in total. The number of nitrogens with zero attached hydrogens (tertiary/aromatic N) is 2. The standard InChI is InChI=1S/C35H42N2O5/c1-6-15-36-16-14-35-26-11-12-27(37(20-21(2)3)31(40)13-10-24-9-7-8-22(4)17-24)34(35)42-33-29(39)19-30(41-23(5)38)25(32(33)35)18-28(26)36/h6-10,13,17,19,21,26-28,34,39H,1,11-12,14-16,18,20H2,2-5H3/t26-,27-,28+,34-,35-/m0/s1. The van der Waals surface area contributed by atoms with Crippen molar-refractivity contribution in [3.63, 3.8) is 0 Å². The molecule has 2 aliphatic carbocycles. The second-order valence-electron chi connectivity index (χ2n) is 12.9. The van der Waals surface area contributed by atoms with Gasteiger partial charge >= 0.3 is 5.97 Å². The smallest absolute Gasteiger partial charge is 0.308 e. The van der Waals surface area contributed by atoms with Crippen molar-refractivity contribution in [2.45, 2.75) is 77.0 Å². The first-order valence-electron chi connectivity index (χ1n) is 15.3. The lowest BCUT2D eigenvalue weighted by atomic mass is 9.50. The van der Waals surface area contributed by atoms with E-state index in [0.717, 1.165) is 61.0 Å². The highest BCUT2D eigenvalue weighted by Gasteiger charge is 2.67. The molecule has 2 aliphatic heterocycles. The zero-order chi connectivity index (χ0) is 29.8. The van der Waals surface area contributed by atoms with Gasteiger partial charge in [0.15, 0.2) is 11.5 Å². The van der Waals surface area contributed by atoms with Crippen molar-refractivity contribution in [2.75, 3.05) is 19.6 Å². The fraction of sp³-hybridized carbons (Fsp3) is 0.486. The van der Waals surface area contributed by atoms with E-state index >= 15 is 0 Å². The quantitative estimate of drug-likeness (QED) is 0.198. The molecule has 222 valence electrons. The SMILES string of the molecule is C=CCN1CC[C@]23c4c5c(OC(C)=O)cc(O)c4O[C@H]2[C@@H](N(CC(C)C)C(=O)C=Cc2cccc(C)c2)CC[C@H]3[C@H]1C5. The molecule has 0 unspecified atom stereocenters. The number of piperidine rings is 1. The Morgan fingerprint density at radius 3 is 2.81 bits per heavy atom. The summed E-state index contributed by atoms with van der Waals surface area (Å²) in [5.41, 5.74) is 3.73. The maximum absolute atomic E-state index is 14.0. The number of carbonyl (C=O) groups is 2. The lowest BCUT2D eigenvalue weighted by Crippen LogP contribution is -2.69. The average Bonchev–Trinajstić information content (AvgIpc) is 3.28. The second kappa shape index (κ2) is 10.9. The van der Waals surface area contributed by atoms with E-state index in [1.54, 1.807) is 6.08 Å². The number of likely N-dealkylation sites (tertiary alicyclic amines) is 1. The zero-order valence-corrected chi connectivity index (χ0v) is 25.1. The molecule has 1 spiro atoms. The molecule has 0 aromatic heterocycles. The van der Waals surface area contributed by atoms with Gasteiger partial charge in [0.25, 0.3) is 0 Å². The number of phenols is 1. The first kappa shape index (κ1) is 28.5. The number of rotatable bonds is 8. The predicted octanol–water partition coefficient (Wildman–Crippen LogP) is 5.42. The van der Waals surface area contributed by atoms with Gasteiger partial charge in [0.2, 0.25) is 5.91 Å². The highest BCUT2D eigenvalue weighted by Crippen LogP contribution is 2.65. The van der Waals surface area contributed by atoms with Gasteiger partial charge in [-0.3, -0.25) is 14.5 Å². The molecule has 1 saturated carbocycles. The summed E-state index contributed by atoms with van der Waals surface area (Å²) >= 11 is 0. The Morgan fingerprint density at radius 1 is 1.29 bits per heavy atom. The molecule has 6 rings (SSSR count). The fourth-order valence-electron chi connectivity index (χ4n) is 8.43. The summed E-state index contributed by atoms with van der Waals surface area (Å²) < 4.78 is 12.5. The van der Waals surface area contributed by atoms with Gasteiger partial charge in [0.1, 0.15) is 11.9 Å². The molecule has 2 bridgehead atoms. The Bertz CT molecular complexity index is 1450. The topological polar surface area (TPSA) is 79.3 Å². The Hall–Kier alpha value is -3.58. The van der Waals surface area contributed by atoms with Gasteiger partial charge in [-0.1, -0.05) is 49.8 Å². The summed E-state index contributed by atoms with van der Waals surface area (Å²) in [5.74, 6) is 1.06. The van der Waals surface area contributed by atoms with Crippen LogP contribution in [0.15, 0.2) is 49.1 Å². The van der Waals surface area contributed by atoms with Gasteiger partial charge in [-0.15, -0.1) is 6.58 Å². The van der Waals surface area contributed by atoms with Gasteiger partial charge in [0, 0.05) is 54.7 Å². The van der Waals surface area contributed by atoms with Crippen LogP contribution in [0.4, 0.5) is 0 Å². The van der Waals surface area contributed by atoms with Crippen LogP contribution < -0.4 is 9.47 Å². The van der Waals surface area contributed by atoms with Crippen LogP contribution in [0, 0.1) is 18.8 Å². The molecule has 2 heterocycles. The first-order valence-corrected chi connectivity index (χ1v) is 15.3. The van der Waals surface area contributed by atoms with Crippen molar-refractivity contribution < 1.29 is 24.2 Å². The first-order chi connectivity index (χ1) is 20.1. The van der Waals surface area contributed by atoms with Crippen LogP contribution in [-0.2, 0) is 21.4 Å². The van der Waals surface area contributed by atoms with E-state index in [-0.39, 0.29) is 41.2 Å². The third-order valence-corrected chi connectivity index (χ3v) is 9.81. The summed E-state index contributed by atoms with van der Waals surface area (Å²) in [6.07, 6.45) is 8.59. The largest absolute Gasteiger partial charge is 0.504 e. The average molecular weight is 571 g/mol. The maximum atomic E-state index is 14.0. The lowest BCUT2D eigenvalue weighted by Gasteiger charge is -2.60. The van der Waals surface area contributed by atoms with Gasteiger partial charge in [-0.2, -0.15) is 0 Å². The predicted molar refractivity (Wildman–Crippen MR) is 163 cm³/mol. The van der Waals surface area contributed by atoms with Crippen molar-refractivity contribution in [2.24, 2.45) is 11.8 Å². The van der Waals surface area contributed by atoms with E-state index in [0.29, 0.717) is 24.0 Å². The third kappa shape index (κ3) is 4.62. The normalized spacial score (nSPS) is 27.5. The molecular weight excluding hydrogens is 528 g/mol. The molecule has 4 aliphatic rings. The highest BCUT2D eigenvalue weighted by molar-refractivity contribution is 5.92. The van der Waals surface area contributed by atoms with E-state index in [9.17, 15) is 14.7 Å². The second-order valence-corrected chi connectivity index (χ2v) is 12.9. The monoisotopic (exact) mass is 570 g/mol. The summed E-state index contributed by atoms with van der Waals surface area (Å²) in [6, 6.07) is 9.74. The molecule has 42 heavy (non-hydrogen) atoms. The van der Waals surface area contributed by atoms with Crippen molar-refractivity contribution >= 4 is 18.0 Å². The number of aromatic hydroxyl groups is 1. The molecule has 5 atom stereocenters. The molecule has 7 heteroatoms. The number of amides is 1. The summed E-state index contributed by atoms with van der Waals surface area (Å²) in [6.45, 7) is 14.0. The van der Waals surface area contributed by atoms with Gasteiger partial charge in [-0.05, 0) is 62.6 Å². The zero-order valence-electron chi connectivity index (χ0n) is 25.1. The number of benzene rings is 2. The number of ether oxygens (including phenoxy) is 2. The summed E-state index contributed by atoms with van der Waals surface area (Å²) in [4.78, 5) is 30.6. The molecule has 1 amide bonds. The van der Waals surface area contributed by atoms with Crippen LogP contribution in [0.25, 0.3) is 6.08 Å². The number of carbonyl (C=O) groups excluding carboxylic acids is 2. The van der Waals surface area contributed by atoms with Gasteiger partial charge in [-0.25, -0.2) is 0 Å². The minimum atomic E-state index is -0.413. The van der Waals surface area contributed by atoms with Crippen molar-refractivity contribution in [1.29, 1.82) is 0 Å². The van der Waals surface area contributed by atoms with E-state index in [2.05, 4.69) is 31.4 Å². The molecule has 1 saturated heterocycles. The fourth-order valence-corrected chi connectivity index (χ4v) is 8.43. The number of esters is 1. The van der Waals surface area contributed by atoms with E-state index in [1.165, 1.54) is 13.0 Å². The van der Waals surface area contributed by atoms with Crippen LogP contribution in [0.1, 0.15) is 62.3 Å². The Morgan fingerprint density at radius 2 is 2.10 bits per heavy atom. The van der Waals surface area contributed by atoms with E-state index in [1.807, 2.05) is 42.2 Å². The molecular formula is C35H42N2O5. The minimum absolute atomic E-state index is 0.000625. The van der Waals surface area contributed by atoms with Crippen molar-refractivity contribution in [3.05, 3.63) is 71.3 Å². The third-order valence-electron chi connectivity index (χ3n) is 9.81. The molecule has 2 fully saturated rings. The molecule has 2 aromatic rings. The maximum Gasteiger partial charge on any atom is 0.308 e. The number of hydrogen-bond donors (Lipinski definition) is 1. The lowest BCUT2D eigenvalue weighted by molar-refractivity contribution is -0.138. The Kier molecular flexibility index (Phi) is 7.42. The van der Waals surface area contributed by atoms with Crippen LogP contribution in [0.5, 0.6) is 17.2 Å². The van der Waals surface area contributed by atoms with Crippen molar-refractivity contribution in [3.8, 4) is 17.2 Å². The number of aryl methyl sites for hydroxylation is 1. The van der Waals surface area contributed by atoms with Gasteiger partial charge < -0.3 is 19.5 Å². The summed E-state index contributed by atoms with van der Waals surface area (Å²) in [7, 11) is 0. The van der Waals surface area contributed by atoms with Crippen molar-refractivity contribution in [1.82, 2.24) is 9.80 Å². The molecule has 1 N–H and O–H groups in total.